The van der Waals surface area contributed by atoms with Crippen molar-refractivity contribution in [2.45, 2.75) is 19.4 Å². The quantitative estimate of drug-likeness (QED) is 0.885. The van der Waals surface area contributed by atoms with E-state index in [9.17, 15) is 4.79 Å². The van der Waals surface area contributed by atoms with Gasteiger partial charge in [0, 0.05) is 25.2 Å². The highest BCUT2D eigenvalue weighted by molar-refractivity contribution is 6.32. The Bertz CT molecular complexity index is 767. The molecular weight excluding hydrogens is 344 g/mol. The Labute approximate surface area is 151 Å². The molecule has 7 heteroatoms. The van der Waals surface area contributed by atoms with Crippen LogP contribution < -0.4 is 19.5 Å². The normalized spacial score (nSPS) is 13.0. The van der Waals surface area contributed by atoms with Gasteiger partial charge in [0.05, 0.1) is 31.8 Å². The summed E-state index contributed by atoms with van der Waals surface area (Å²) < 4.78 is 16.3. The molecule has 1 aliphatic rings. The second-order valence-electron chi connectivity index (χ2n) is 5.62. The van der Waals surface area contributed by atoms with Gasteiger partial charge in [0.15, 0.2) is 11.5 Å². The molecule has 0 fully saturated rings. The van der Waals surface area contributed by atoms with Crippen LogP contribution >= 0.6 is 11.6 Å². The summed E-state index contributed by atoms with van der Waals surface area (Å²) in [6.45, 7) is 1.54. The molecule has 0 aliphatic carbocycles. The highest BCUT2D eigenvalue weighted by atomic mass is 35.5. The number of rotatable bonds is 5. The van der Waals surface area contributed by atoms with E-state index in [0.29, 0.717) is 42.2 Å². The van der Waals surface area contributed by atoms with E-state index in [2.05, 4.69) is 10.3 Å². The fraction of sp³-hybridized carbons (Fsp3) is 0.333. The third-order valence-electron chi connectivity index (χ3n) is 3.72. The first-order chi connectivity index (χ1) is 12.2. The summed E-state index contributed by atoms with van der Waals surface area (Å²) in [5, 5.41) is 3.33. The number of fused-ring (bicyclic) bond motifs is 1. The first-order valence-electron chi connectivity index (χ1n) is 7.99. The molecule has 0 saturated carbocycles. The van der Waals surface area contributed by atoms with Gasteiger partial charge in [-0.15, -0.1) is 0 Å². The highest BCUT2D eigenvalue weighted by Crippen LogP contribution is 2.38. The van der Waals surface area contributed by atoms with Gasteiger partial charge in [0.1, 0.15) is 0 Å². The van der Waals surface area contributed by atoms with Gasteiger partial charge in [0.2, 0.25) is 11.8 Å². The van der Waals surface area contributed by atoms with Crippen molar-refractivity contribution in [3.05, 3.63) is 46.6 Å². The van der Waals surface area contributed by atoms with E-state index in [1.807, 2.05) is 12.1 Å². The summed E-state index contributed by atoms with van der Waals surface area (Å²) in [4.78, 5) is 16.3. The average Bonchev–Trinajstić information content (AvgIpc) is 2.86. The number of carbonyl (C=O) groups is 1. The predicted molar refractivity (Wildman–Crippen MR) is 93.4 cm³/mol. The molecule has 0 saturated heterocycles. The zero-order valence-electron chi connectivity index (χ0n) is 13.9. The molecule has 132 valence electrons. The number of aromatic nitrogens is 1. The third kappa shape index (κ3) is 4.54. The zero-order chi connectivity index (χ0) is 17.6. The molecule has 2 aromatic rings. The lowest BCUT2D eigenvalue weighted by Crippen LogP contribution is -2.24. The lowest BCUT2D eigenvalue weighted by molar-refractivity contribution is -0.120. The number of hydrogen-bond acceptors (Lipinski definition) is 5. The molecule has 0 radical (unpaired) electrons. The molecule has 1 aromatic carbocycles. The first-order valence-corrected chi connectivity index (χ1v) is 8.37. The Kier molecular flexibility index (Phi) is 5.60. The van der Waals surface area contributed by atoms with Crippen molar-refractivity contribution >= 4 is 17.5 Å². The molecular formula is C18H19ClN2O4. The topological polar surface area (TPSA) is 69.7 Å². The zero-order valence-corrected chi connectivity index (χ0v) is 14.6. The van der Waals surface area contributed by atoms with Crippen molar-refractivity contribution in [3.8, 4) is 17.4 Å². The van der Waals surface area contributed by atoms with Crippen molar-refractivity contribution < 1.29 is 19.0 Å². The van der Waals surface area contributed by atoms with Crippen LogP contribution in [0.1, 0.15) is 17.5 Å². The average molecular weight is 363 g/mol. The summed E-state index contributed by atoms with van der Waals surface area (Å²) in [5.41, 5.74) is 1.69. The molecule has 0 unspecified atom stereocenters. The van der Waals surface area contributed by atoms with E-state index in [1.165, 1.54) is 0 Å². The molecule has 0 spiro atoms. The molecule has 6 nitrogen and oxygen atoms in total. The maximum Gasteiger partial charge on any atom is 0.224 e. The number of halogens is 1. The Morgan fingerprint density at radius 3 is 2.96 bits per heavy atom. The van der Waals surface area contributed by atoms with Gasteiger partial charge in [-0.2, -0.15) is 0 Å². The van der Waals surface area contributed by atoms with E-state index < -0.39 is 0 Å². The van der Waals surface area contributed by atoms with Gasteiger partial charge in [-0.1, -0.05) is 11.6 Å². The van der Waals surface area contributed by atoms with Crippen molar-refractivity contribution in [3.63, 3.8) is 0 Å². The summed E-state index contributed by atoms with van der Waals surface area (Å²) in [6.07, 6.45) is 2.65. The predicted octanol–water partition coefficient (Wildman–Crippen LogP) is 2.76. The molecule has 2 heterocycles. The van der Waals surface area contributed by atoms with Crippen LogP contribution in [-0.2, 0) is 17.8 Å². The monoisotopic (exact) mass is 362 g/mol. The summed E-state index contributed by atoms with van der Waals surface area (Å²) in [6, 6.07) is 7.16. The van der Waals surface area contributed by atoms with Gasteiger partial charge in [-0.3, -0.25) is 4.79 Å². The smallest absolute Gasteiger partial charge is 0.224 e. The lowest BCUT2D eigenvalue weighted by Gasteiger charge is -2.12. The Hall–Kier alpha value is -2.47. The number of methoxy groups -OCH3 is 1. The van der Waals surface area contributed by atoms with Crippen LogP contribution in [0.25, 0.3) is 0 Å². The molecule has 1 aliphatic heterocycles. The first kappa shape index (κ1) is 17.4. The number of hydrogen-bond donors (Lipinski definition) is 1. The number of benzene rings is 1. The number of ether oxygens (including phenoxy) is 3. The SMILES string of the molecule is COc1cc(CNC(=O)Cc2cc(Cl)c3c(c2)OCCCO3)ccn1. The van der Waals surface area contributed by atoms with Crippen LogP contribution in [0.2, 0.25) is 5.02 Å². The maximum absolute atomic E-state index is 12.2. The van der Waals surface area contributed by atoms with E-state index in [-0.39, 0.29) is 12.3 Å². The molecule has 1 aromatic heterocycles. The fourth-order valence-corrected chi connectivity index (χ4v) is 2.79. The van der Waals surface area contributed by atoms with Crippen molar-refractivity contribution in [1.82, 2.24) is 10.3 Å². The molecule has 1 N–H and O–H groups in total. The molecule has 0 atom stereocenters. The molecule has 0 bridgehead atoms. The number of nitrogens with one attached hydrogen (secondary N) is 1. The standard InChI is InChI=1S/C18H19ClN2O4/c1-23-17-10-12(3-4-20-17)11-21-16(22)9-13-7-14(19)18-15(8-13)24-5-2-6-25-18/h3-4,7-8,10H,2,5-6,9,11H2,1H3,(H,21,22). The number of amides is 1. The molecule has 25 heavy (non-hydrogen) atoms. The summed E-state index contributed by atoms with van der Waals surface area (Å²) in [5.74, 6) is 1.54. The fourth-order valence-electron chi connectivity index (χ4n) is 2.51. The van der Waals surface area contributed by atoms with Crippen LogP contribution in [0.15, 0.2) is 30.5 Å². The molecule has 3 rings (SSSR count). The number of carbonyl (C=O) groups excluding carboxylic acids is 1. The van der Waals surface area contributed by atoms with Crippen molar-refractivity contribution in [2.24, 2.45) is 0 Å². The minimum atomic E-state index is -0.110. The van der Waals surface area contributed by atoms with Crippen LogP contribution in [0.4, 0.5) is 0 Å². The van der Waals surface area contributed by atoms with Gasteiger partial charge < -0.3 is 19.5 Å². The van der Waals surface area contributed by atoms with Crippen LogP contribution in [0, 0.1) is 0 Å². The second-order valence-corrected chi connectivity index (χ2v) is 6.02. The van der Waals surface area contributed by atoms with Crippen LogP contribution in [0.3, 0.4) is 0 Å². The summed E-state index contributed by atoms with van der Waals surface area (Å²) in [7, 11) is 1.55. The Balaban J connectivity index is 1.62. The Morgan fingerprint density at radius 1 is 1.28 bits per heavy atom. The lowest BCUT2D eigenvalue weighted by atomic mass is 10.1. The number of nitrogens with zero attached hydrogens (tertiary/aromatic N) is 1. The highest BCUT2D eigenvalue weighted by Gasteiger charge is 2.16. The minimum absolute atomic E-state index is 0.110. The molecule has 1 amide bonds. The van der Waals surface area contributed by atoms with Gasteiger partial charge >= 0.3 is 0 Å². The minimum Gasteiger partial charge on any atom is -0.489 e. The van der Waals surface area contributed by atoms with Crippen molar-refractivity contribution in [1.29, 1.82) is 0 Å². The van der Waals surface area contributed by atoms with E-state index >= 15 is 0 Å². The van der Waals surface area contributed by atoms with E-state index in [1.54, 1.807) is 25.4 Å². The van der Waals surface area contributed by atoms with Gasteiger partial charge in [-0.05, 0) is 29.3 Å². The number of pyridine rings is 1. The van der Waals surface area contributed by atoms with Crippen molar-refractivity contribution in [2.75, 3.05) is 20.3 Å². The largest absolute Gasteiger partial charge is 0.489 e. The third-order valence-corrected chi connectivity index (χ3v) is 4.01. The van der Waals surface area contributed by atoms with Crippen LogP contribution in [-0.4, -0.2) is 31.2 Å². The van der Waals surface area contributed by atoms with Crippen LogP contribution in [0.5, 0.6) is 17.4 Å². The van der Waals surface area contributed by atoms with E-state index in [0.717, 1.165) is 17.5 Å². The maximum atomic E-state index is 12.2. The van der Waals surface area contributed by atoms with Gasteiger partial charge in [-0.25, -0.2) is 4.98 Å². The van der Waals surface area contributed by atoms with Gasteiger partial charge in [0.25, 0.3) is 0 Å². The second kappa shape index (κ2) is 8.07. The van der Waals surface area contributed by atoms with E-state index in [4.69, 9.17) is 25.8 Å². The Morgan fingerprint density at radius 2 is 2.12 bits per heavy atom. The summed E-state index contributed by atoms with van der Waals surface area (Å²) >= 11 is 6.25.